The molecule has 0 spiro atoms. The van der Waals surface area contributed by atoms with Crippen LogP contribution in [0.4, 0.5) is 11.4 Å². The zero-order chi connectivity index (χ0) is 17.8. The molecule has 0 saturated carbocycles. The van der Waals surface area contributed by atoms with Gasteiger partial charge in [-0.1, -0.05) is 0 Å². The highest BCUT2D eigenvalue weighted by Gasteiger charge is 2.19. The lowest BCUT2D eigenvalue weighted by molar-refractivity contribution is 0.143. The van der Waals surface area contributed by atoms with Crippen LogP contribution in [-0.4, -0.2) is 41.0 Å². The molecule has 5 heteroatoms. The number of hydrogen-bond acceptors (Lipinski definition) is 5. The Bertz CT molecular complexity index is 737. The maximum absolute atomic E-state index is 5.94. The second-order valence-electron chi connectivity index (χ2n) is 6.22. The standard InChI is InChI=1S/C20H25N3O2/c1-22(2)17-8-4-15(5-9-17)19-20(25-13-12-24-19)16-6-10-18(11-7-16)23(3)14-21/h4-11H,12-14,21H2,1-3H3. The van der Waals surface area contributed by atoms with Crippen LogP contribution in [0, 0.1) is 0 Å². The molecule has 0 aliphatic carbocycles. The molecule has 1 aliphatic rings. The van der Waals surface area contributed by atoms with Crippen molar-refractivity contribution in [2.24, 2.45) is 5.73 Å². The van der Waals surface area contributed by atoms with Crippen LogP contribution in [0.1, 0.15) is 11.1 Å². The summed E-state index contributed by atoms with van der Waals surface area (Å²) in [4.78, 5) is 4.06. The number of hydrogen-bond donors (Lipinski definition) is 1. The van der Waals surface area contributed by atoms with Crippen LogP contribution in [0.15, 0.2) is 48.5 Å². The largest absolute Gasteiger partial charge is 0.485 e. The number of anilines is 2. The van der Waals surface area contributed by atoms with Gasteiger partial charge in [-0.05, 0) is 48.5 Å². The van der Waals surface area contributed by atoms with Crippen molar-refractivity contribution in [1.29, 1.82) is 0 Å². The fraction of sp³-hybridized carbons (Fsp3) is 0.300. The molecular weight excluding hydrogens is 314 g/mol. The lowest BCUT2D eigenvalue weighted by atomic mass is 10.1. The van der Waals surface area contributed by atoms with Crippen molar-refractivity contribution in [2.75, 3.05) is 50.8 Å². The minimum atomic E-state index is 0.477. The maximum atomic E-state index is 5.94. The molecule has 3 rings (SSSR count). The Labute approximate surface area is 149 Å². The second kappa shape index (κ2) is 7.49. The van der Waals surface area contributed by atoms with E-state index in [-0.39, 0.29) is 0 Å². The Morgan fingerprint density at radius 3 is 1.60 bits per heavy atom. The molecule has 1 aliphatic heterocycles. The Balaban J connectivity index is 1.95. The topological polar surface area (TPSA) is 51.0 Å². The lowest BCUT2D eigenvalue weighted by Gasteiger charge is -2.24. The van der Waals surface area contributed by atoms with Gasteiger partial charge in [0.25, 0.3) is 0 Å². The Hall–Kier alpha value is -2.66. The monoisotopic (exact) mass is 339 g/mol. The highest BCUT2D eigenvalue weighted by atomic mass is 16.6. The fourth-order valence-corrected chi connectivity index (χ4v) is 2.73. The number of ether oxygens (including phenoxy) is 2. The molecular formula is C20H25N3O2. The minimum absolute atomic E-state index is 0.477. The van der Waals surface area contributed by atoms with Gasteiger partial charge >= 0.3 is 0 Å². The normalized spacial score (nSPS) is 13.9. The van der Waals surface area contributed by atoms with E-state index < -0.39 is 0 Å². The Kier molecular flexibility index (Phi) is 5.14. The molecule has 0 aromatic heterocycles. The van der Waals surface area contributed by atoms with Gasteiger partial charge in [0.1, 0.15) is 13.2 Å². The van der Waals surface area contributed by atoms with Crippen molar-refractivity contribution < 1.29 is 9.47 Å². The van der Waals surface area contributed by atoms with E-state index in [0.29, 0.717) is 19.9 Å². The summed E-state index contributed by atoms with van der Waals surface area (Å²) >= 11 is 0. The average Bonchev–Trinajstić information content (AvgIpc) is 2.67. The molecule has 0 atom stereocenters. The van der Waals surface area contributed by atoms with Crippen LogP contribution in [0.3, 0.4) is 0 Å². The van der Waals surface area contributed by atoms with Crippen molar-refractivity contribution in [3.8, 4) is 0 Å². The van der Waals surface area contributed by atoms with Gasteiger partial charge in [0.15, 0.2) is 11.5 Å². The highest BCUT2D eigenvalue weighted by molar-refractivity contribution is 5.85. The van der Waals surface area contributed by atoms with Crippen LogP contribution in [0.5, 0.6) is 0 Å². The molecule has 0 saturated heterocycles. The molecule has 132 valence electrons. The smallest absolute Gasteiger partial charge is 0.169 e. The molecule has 0 unspecified atom stereocenters. The first-order valence-electron chi connectivity index (χ1n) is 8.39. The molecule has 1 heterocycles. The van der Waals surface area contributed by atoms with Crippen molar-refractivity contribution in [3.63, 3.8) is 0 Å². The molecule has 2 N–H and O–H groups in total. The summed E-state index contributed by atoms with van der Waals surface area (Å²) in [6, 6.07) is 16.5. The number of nitrogens with zero attached hydrogens (tertiary/aromatic N) is 2. The van der Waals surface area contributed by atoms with E-state index in [1.807, 2.05) is 50.3 Å². The van der Waals surface area contributed by atoms with E-state index in [2.05, 4.69) is 29.2 Å². The van der Waals surface area contributed by atoms with Crippen molar-refractivity contribution >= 4 is 22.9 Å². The summed E-state index contributed by atoms with van der Waals surface area (Å²) < 4.78 is 11.9. The van der Waals surface area contributed by atoms with Crippen LogP contribution in [-0.2, 0) is 9.47 Å². The van der Waals surface area contributed by atoms with Gasteiger partial charge in [-0.25, -0.2) is 0 Å². The molecule has 0 radical (unpaired) electrons. The van der Waals surface area contributed by atoms with Crippen LogP contribution >= 0.6 is 0 Å². The zero-order valence-corrected chi connectivity index (χ0v) is 15.0. The van der Waals surface area contributed by atoms with Crippen molar-refractivity contribution in [1.82, 2.24) is 0 Å². The minimum Gasteiger partial charge on any atom is -0.485 e. The predicted molar refractivity (Wildman–Crippen MR) is 103 cm³/mol. The van der Waals surface area contributed by atoms with Gasteiger partial charge in [0, 0.05) is 43.6 Å². The molecule has 0 amide bonds. The maximum Gasteiger partial charge on any atom is 0.169 e. The summed E-state index contributed by atoms with van der Waals surface area (Å²) in [5.41, 5.74) is 9.92. The first-order valence-corrected chi connectivity index (χ1v) is 8.39. The fourth-order valence-electron chi connectivity index (χ4n) is 2.73. The Morgan fingerprint density at radius 1 is 0.760 bits per heavy atom. The summed E-state index contributed by atoms with van der Waals surface area (Å²) in [6.07, 6.45) is 0. The first kappa shape index (κ1) is 17.2. The van der Waals surface area contributed by atoms with Crippen molar-refractivity contribution in [2.45, 2.75) is 0 Å². The van der Waals surface area contributed by atoms with E-state index in [1.54, 1.807) is 0 Å². The van der Waals surface area contributed by atoms with Crippen molar-refractivity contribution in [3.05, 3.63) is 59.7 Å². The van der Waals surface area contributed by atoms with Gasteiger partial charge < -0.3 is 25.0 Å². The van der Waals surface area contributed by atoms with Crippen LogP contribution < -0.4 is 15.5 Å². The lowest BCUT2D eigenvalue weighted by Crippen LogP contribution is -2.24. The van der Waals surface area contributed by atoms with E-state index in [0.717, 1.165) is 34.0 Å². The van der Waals surface area contributed by atoms with Gasteiger partial charge in [-0.2, -0.15) is 0 Å². The number of rotatable bonds is 5. The van der Waals surface area contributed by atoms with E-state index >= 15 is 0 Å². The molecule has 5 nitrogen and oxygen atoms in total. The van der Waals surface area contributed by atoms with E-state index in [9.17, 15) is 0 Å². The summed E-state index contributed by atoms with van der Waals surface area (Å²) in [6.45, 7) is 1.59. The first-order chi connectivity index (χ1) is 12.1. The third-order valence-electron chi connectivity index (χ3n) is 4.27. The van der Waals surface area contributed by atoms with Gasteiger partial charge in [0.05, 0.1) is 6.67 Å². The van der Waals surface area contributed by atoms with E-state index in [4.69, 9.17) is 15.2 Å². The van der Waals surface area contributed by atoms with Gasteiger partial charge in [0.2, 0.25) is 0 Å². The third kappa shape index (κ3) is 3.72. The van der Waals surface area contributed by atoms with Crippen LogP contribution in [0.25, 0.3) is 11.5 Å². The molecule has 0 fully saturated rings. The molecule has 2 aromatic rings. The van der Waals surface area contributed by atoms with Crippen LogP contribution in [0.2, 0.25) is 0 Å². The Morgan fingerprint density at radius 2 is 1.20 bits per heavy atom. The third-order valence-corrected chi connectivity index (χ3v) is 4.27. The van der Waals surface area contributed by atoms with Gasteiger partial charge in [-0.3, -0.25) is 0 Å². The summed E-state index contributed by atoms with van der Waals surface area (Å²) in [5.74, 6) is 1.57. The summed E-state index contributed by atoms with van der Waals surface area (Å²) in [5, 5.41) is 0. The number of nitrogens with two attached hydrogens (primary N) is 1. The predicted octanol–water partition coefficient (Wildman–Crippen LogP) is 2.98. The molecule has 2 aromatic carbocycles. The quantitative estimate of drug-likeness (QED) is 0.849. The second-order valence-corrected chi connectivity index (χ2v) is 6.22. The SMILES string of the molecule is CN(C)c1ccc(C2=C(c3ccc(N(C)CN)cc3)OCCO2)cc1. The average molecular weight is 339 g/mol. The highest BCUT2D eigenvalue weighted by Crippen LogP contribution is 2.32. The number of benzene rings is 2. The van der Waals surface area contributed by atoms with E-state index in [1.165, 1.54) is 0 Å². The molecule has 0 bridgehead atoms. The van der Waals surface area contributed by atoms with Gasteiger partial charge in [-0.15, -0.1) is 0 Å². The summed E-state index contributed by atoms with van der Waals surface area (Å²) in [7, 11) is 6.02. The zero-order valence-electron chi connectivity index (χ0n) is 15.0. The molecule has 25 heavy (non-hydrogen) atoms.